The molecule has 1 aromatic rings. The Balaban J connectivity index is 2.88. The molecular weight excluding hydrogens is 224 g/mol. The molecule has 0 atom stereocenters. The second-order valence-corrected chi connectivity index (χ2v) is 5.76. The molecule has 0 spiro atoms. The predicted octanol–water partition coefficient (Wildman–Crippen LogP) is 0.973. The highest BCUT2D eigenvalue weighted by Crippen LogP contribution is 2.11. The van der Waals surface area contributed by atoms with E-state index in [9.17, 15) is 8.42 Å². The van der Waals surface area contributed by atoms with Crippen molar-refractivity contribution in [1.29, 1.82) is 0 Å². The van der Waals surface area contributed by atoms with E-state index >= 15 is 0 Å². The van der Waals surface area contributed by atoms with E-state index in [1.54, 1.807) is 19.9 Å². The van der Waals surface area contributed by atoms with Crippen LogP contribution in [0.3, 0.4) is 0 Å². The van der Waals surface area contributed by atoms with Gasteiger partial charge in [0.1, 0.15) is 0 Å². The molecule has 0 bridgehead atoms. The molecule has 0 aromatic heterocycles. The normalized spacial score (nSPS) is 12.0. The first-order chi connectivity index (χ1) is 7.44. The summed E-state index contributed by atoms with van der Waals surface area (Å²) in [5.41, 5.74) is 7.19. The molecule has 0 fully saturated rings. The van der Waals surface area contributed by atoms with Gasteiger partial charge in [0.15, 0.2) is 0 Å². The Bertz CT molecular complexity index is 441. The van der Waals surface area contributed by atoms with Crippen LogP contribution in [-0.2, 0) is 22.3 Å². The van der Waals surface area contributed by atoms with Crippen LogP contribution in [0.5, 0.6) is 0 Å². The molecule has 3 N–H and O–H groups in total. The van der Waals surface area contributed by atoms with Gasteiger partial charge in [0, 0.05) is 12.6 Å². The lowest BCUT2D eigenvalue weighted by Crippen LogP contribution is -2.31. The summed E-state index contributed by atoms with van der Waals surface area (Å²) in [6, 6.07) is 7.23. The molecule has 0 aliphatic heterocycles. The highest BCUT2D eigenvalue weighted by atomic mass is 32.2. The molecule has 0 saturated carbocycles. The summed E-state index contributed by atoms with van der Waals surface area (Å²) in [5.74, 6) is -0.0153. The van der Waals surface area contributed by atoms with Crippen molar-refractivity contribution in [3.8, 4) is 0 Å². The third-order valence-electron chi connectivity index (χ3n) is 2.10. The maximum atomic E-state index is 11.7. The smallest absolute Gasteiger partial charge is 0.216 e. The van der Waals surface area contributed by atoms with Gasteiger partial charge in [-0.05, 0) is 25.0 Å². The van der Waals surface area contributed by atoms with Gasteiger partial charge in [-0.15, -0.1) is 0 Å². The third-order valence-corrected chi connectivity index (χ3v) is 3.62. The minimum atomic E-state index is -3.27. The molecule has 1 rings (SSSR count). The minimum absolute atomic E-state index is 0.0153. The zero-order valence-electron chi connectivity index (χ0n) is 9.60. The Kier molecular flexibility index (Phi) is 4.46. The van der Waals surface area contributed by atoms with Crippen LogP contribution in [0.4, 0.5) is 0 Å². The highest BCUT2D eigenvalue weighted by molar-refractivity contribution is 7.88. The quantitative estimate of drug-likeness (QED) is 0.808. The lowest BCUT2D eigenvalue weighted by Gasteiger charge is -2.11. The molecule has 0 saturated heterocycles. The van der Waals surface area contributed by atoms with Crippen molar-refractivity contribution in [2.45, 2.75) is 32.2 Å². The standard InChI is InChI=1S/C11H18N2O2S/c1-9(2)13-16(14,15)8-11-6-4-3-5-10(11)7-12/h3-6,9,13H,7-8,12H2,1-2H3. The van der Waals surface area contributed by atoms with Crippen molar-refractivity contribution >= 4 is 10.0 Å². The summed E-state index contributed by atoms with van der Waals surface area (Å²) in [6.45, 7) is 3.95. The monoisotopic (exact) mass is 242 g/mol. The largest absolute Gasteiger partial charge is 0.326 e. The van der Waals surface area contributed by atoms with Crippen LogP contribution in [0.15, 0.2) is 24.3 Å². The van der Waals surface area contributed by atoms with E-state index < -0.39 is 10.0 Å². The zero-order chi connectivity index (χ0) is 12.2. The van der Waals surface area contributed by atoms with Gasteiger partial charge in [-0.1, -0.05) is 24.3 Å². The van der Waals surface area contributed by atoms with Gasteiger partial charge in [-0.2, -0.15) is 0 Å². The molecular formula is C11H18N2O2S. The van der Waals surface area contributed by atoms with Crippen LogP contribution in [0.1, 0.15) is 25.0 Å². The fourth-order valence-electron chi connectivity index (χ4n) is 1.50. The first-order valence-electron chi connectivity index (χ1n) is 5.21. The predicted molar refractivity (Wildman–Crippen MR) is 65.2 cm³/mol. The summed E-state index contributed by atoms with van der Waals surface area (Å²) < 4.78 is 26.0. The Hall–Kier alpha value is -0.910. The van der Waals surface area contributed by atoms with Crippen molar-refractivity contribution in [3.05, 3.63) is 35.4 Å². The first kappa shape index (κ1) is 13.2. The molecule has 0 aliphatic rings. The van der Waals surface area contributed by atoms with E-state index in [2.05, 4.69) is 4.72 Å². The average Bonchev–Trinajstić information content (AvgIpc) is 2.15. The molecule has 0 heterocycles. The fraction of sp³-hybridized carbons (Fsp3) is 0.455. The maximum Gasteiger partial charge on any atom is 0.216 e. The molecule has 0 unspecified atom stereocenters. The Labute approximate surface area is 96.9 Å². The van der Waals surface area contributed by atoms with Gasteiger partial charge >= 0.3 is 0 Å². The van der Waals surface area contributed by atoms with E-state index in [1.165, 1.54) is 0 Å². The molecule has 4 nitrogen and oxygen atoms in total. The summed E-state index contributed by atoms with van der Waals surface area (Å²) in [4.78, 5) is 0. The molecule has 90 valence electrons. The van der Waals surface area contributed by atoms with Crippen LogP contribution in [0, 0.1) is 0 Å². The van der Waals surface area contributed by atoms with E-state index in [1.807, 2.05) is 18.2 Å². The van der Waals surface area contributed by atoms with Crippen molar-refractivity contribution in [1.82, 2.24) is 4.72 Å². The first-order valence-corrected chi connectivity index (χ1v) is 6.86. The van der Waals surface area contributed by atoms with Crippen LogP contribution in [-0.4, -0.2) is 14.5 Å². The van der Waals surface area contributed by atoms with Crippen LogP contribution in [0.2, 0.25) is 0 Å². The average molecular weight is 242 g/mol. The number of sulfonamides is 1. The van der Waals surface area contributed by atoms with Gasteiger partial charge in [-0.3, -0.25) is 0 Å². The lowest BCUT2D eigenvalue weighted by molar-refractivity contribution is 0.569. The Morgan fingerprint density at radius 2 is 1.81 bits per heavy atom. The van der Waals surface area contributed by atoms with Crippen molar-refractivity contribution in [2.75, 3.05) is 0 Å². The van der Waals surface area contributed by atoms with Gasteiger partial charge in [-0.25, -0.2) is 13.1 Å². The minimum Gasteiger partial charge on any atom is -0.326 e. The molecule has 0 radical (unpaired) electrons. The Morgan fingerprint density at radius 1 is 1.25 bits per heavy atom. The van der Waals surface area contributed by atoms with Crippen molar-refractivity contribution in [3.63, 3.8) is 0 Å². The van der Waals surface area contributed by atoms with E-state index in [4.69, 9.17) is 5.73 Å². The van der Waals surface area contributed by atoms with E-state index in [0.29, 0.717) is 6.54 Å². The maximum absolute atomic E-state index is 11.7. The van der Waals surface area contributed by atoms with Crippen LogP contribution >= 0.6 is 0 Å². The van der Waals surface area contributed by atoms with E-state index in [-0.39, 0.29) is 11.8 Å². The van der Waals surface area contributed by atoms with Gasteiger partial charge in [0.05, 0.1) is 5.75 Å². The lowest BCUT2D eigenvalue weighted by atomic mass is 10.1. The number of nitrogens with one attached hydrogen (secondary N) is 1. The summed E-state index contributed by atoms with van der Waals surface area (Å²) in [6.07, 6.45) is 0. The highest BCUT2D eigenvalue weighted by Gasteiger charge is 2.14. The topological polar surface area (TPSA) is 72.2 Å². The van der Waals surface area contributed by atoms with Crippen LogP contribution < -0.4 is 10.5 Å². The molecule has 0 aliphatic carbocycles. The number of benzene rings is 1. The molecule has 5 heteroatoms. The second-order valence-electron chi connectivity index (χ2n) is 4.00. The number of hydrogen-bond acceptors (Lipinski definition) is 3. The molecule has 1 aromatic carbocycles. The molecule has 16 heavy (non-hydrogen) atoms. The summed E-state index contributed by atoms with van der Waals surface area (Å²) in [5, 5.41) is 0. The summed E-state index contributed by atoms with van der Waals surface area (Å²) >= 11 is 0. The van der Waals surface area contributed by atoms with Gasteiger partial charge in [0.25, 0.3) is 0 Å². The van der Waals surface area contributed by atoms with Gasteiger partial charge < -0.3 is 5.73 Å². The third kappa shape index (κ3) is 3.92. The second kappa shape index (κ2) is 5.43. The molecule has 0 amide bonds. The van der Waals surface area contributed by atoms with Crippen LogP contribution in [0.25, 0.3) is 0 Å². The van der Waals surface area contributed by atoms with Gasteiger partial charge in [0.2, 0.25) is 10.0 Å². The fourth-order valence-corrected chi connectivity index (χ4v) is 3.00. The van der Waals surface area contributed by atoms with E-state index in [0.717, 1.165) is 11.1 Å². The number of hydrogen-bond donors (Lipinski definition) is 2. The summed E-state index contributed by atoms with van der Waals surface area (Å²) in [7, 11) is -3.27. The SMILES string of the molecule is CC(C)NS(=O)(=O)Cc1ccccc1CN. The number of nitrogens with two attached hydrogens (primary N) is 1. The Morgan fingerprint density at radius 3 is 2.31 bits per heavy atom. The zero-order valence-corrected chi connectivity index (χ0v) is 10.4. The van der Waals surface area contributed by atoms with Crippen molar-refractivity contribution in [2.24, 2.45) is 5.73 Å². The number of rotatable bonds is 5. The van der Waals surface area contributed by atoms with Crippen molar-refractivity contribution < 1.29 is 8.42 Å².